The zero-order chi connectivity index (χ0) is 12.3. The minimum atomic E-state index is -0.0550. The number of aromatic amines is 1. The second-order valence-corrected chi connectivity index (χ2v) is 3.68. The van der Waals surface area contributed by atoms with Crippen molar-refractivity contribution in [1.29, 1.82) is 0 Å². The normalized spacial score (nSPS) is 10.5. The average Bonchev–Trinajstić information content (AvgIpc) is 2.72. The molecule has 0 unspecified atom stereocenters. The largest absolute Gasteiger partial charge is 0.497 e. The lowest BCUT2D eigenvalue weighted by atomic mass is 10.2. The molecule has 0 saturated heterocycles. The second-order valence-electron chi connectivity index (χ2n) is 3.68. The van der Waals surface area contributed by atoms with E-state index in [1.165, 1.54) is 4.68 Å². The third kappa shape index (κ3) is 2.24. The van der Waals surface area contributed by atoms with Crippen molar-refractivity contribution in [3.05, 3.63) is 46.4 Å². The molecule has 0 atom stereocenters. The number of hydrogen-bond donors (Lipinski definition) is 2. The van der Waals surface area contributed by atoms with Gasteiger partial charge >= 0.3 is 0 Å². The molecule has 1 heterocycles. The Kier molecular flexibility index (Phi) is 3.30. The number of aromatic nitrogens is 2. The van der Waals surface area contributed by atoms with Gasteiger partial charge in [0.1, 0.15) is 5.75 Å². The number of ether oxygens (including phenoxy) is 1. The van der Waals surface area contributed by atoms with Crippen LogP contribution in [0.1, 0.15) is 5.56 Å². The van der Waals surface area contributed by atoms with Gasteiger partial charge in [-0.25, -0.2) is 4.68 Å². The molecule has 0 spiro atoms. The molecule has 3 N–H and O–H groups in total. The van der Waals surface area contributed by atoms with Crippen LogP contribution >= 0.6 is 0 Å². The molecule has 0 fully saturated rings. The monoisotopic (exact) mass is 233 g/mol. The molecule has 2 rings (SSSR count). The van der Waals surface area contributed by atoms with Crippen LogP contribution in [-0.2, 0) is 6.42 Å². The van der Waals surface area contributed by atoms with Gasteiger partial charge in [0, 0.05) is 11.8 Å². The molecule has 90 valence electrons. The van der Waals surface area contributed by atoms with Crippen molar-refractivity contribution in [1.82, 2.24) is 9.78 Å². The molecular weight excluding hydrogens is 218 g/mol. The summed E-state index contributed by atoms with van der Waals surface area (Å²) in [5.74, 6) is 0.760. The molecule has 0 amide bonds. The number of nitrogens with one attached hydrogen (secondary N) is 1. The summed E-state index contributed by atoms with van der Waals surface area (Å²) in [5.41, 5.74) is 6.86. The van der Waals surface area contributed by atoms with Crippen LogP contribution in [0, 0.1) is 0 Å². The Morgan fingerprint density at radius 2 is 2.06 bits per heavy atom. The smallest absolute Gasteiger partial charge is 0.274 e. The van der Waals surface area contributed by atoms with E-state index in [-0.39, 0.29) is 5.56 Å². The van der Waals surface area contributed by atoms with Crippen LogP contribution in [-0.4, -0.2) is 23.4 Å². The Bertz CT molecular complexity index is 540. The fraction of sp³-hybridized carbons (Fsp3) is 0.250. The van der Waals surface area contributed by atoms with Crippen LogP contribution in [0.2, 0.25) is 0 Å². The Morgan fingerprint density at radius 1 is 1.35 bits per heavy atom. The molecule has 0 aliphatic carbocycles. The van der Waals surface area contributed by atoms with Gasteiger partial charge in [-0.05, 0) is 37.2 Å². The topological polar surface area (TPSA) is 73.0 Å². The van der Waals surface area contributed by atoms with E-state index in [9.17, 15) is 4.79 Å². The van der Waals surface area contributed by atoms with E-state index >= 15 is 0 Å². The summed E-state index contributed by atoms with van der Waals surface area (Å²) in [4.78, 5) is 12.0. The van der Waals surface area contributed by atoms with Crippen molar-refractivity contribution in [3.8, 4) is 11.4 Å². The zero-order valence-electron chi connectivity index (χ0n) is 9.64. The van der Waals surface area contributed by atoms with Crippen molar-refractivity contribution >= 4 is 0 Å². The maximum Gasteiger partial charge on any atom is 0.274 e. The summed E-state index contributed by atoms with van der Waals surface area (Å²) in [7, 11) is 1.61. The first-order valence-corrected chi connectivity index (χ1v) is 5.40. The molecule has 0 bridgehead atoms. The van der Waals surface area contributed by atoms with Crippen LogP contribution in [0.3, 0.4) is 0 Å². The quantitative estimate of drug-likeness (QED) is 0.815. The summed E-state index contributed by atoms with van der Waals surface area (Å²) in [6, 6.07) is 7.27. The van der Waals surface area contributed by atoms with Gasteiger partial charge < -0.3 is 10.5 Å². The van der Waals surface area contributed by atoms with Gasteiger partial charge in [-0.1, -0.05) is 0 Å². The average molecular weight is 233 g/mol. The van der Waals surface area contributed by atoms with E-state index < -0.39 is 0 Å². The zero-order valence-corrected chi connectivity index (χ0v) is 9.64. The van der Waals surface area contributed by atoms with Crippen LogP contribution in [0.5, 0.6) is 5.75 Å². The van der Waals surface area contributed by atoms with Gasteiger partial charge in [0.05, 0.1) is 12.8 Å². The van der Waals surface area contributed by atoms with E-state index in [0.717, 1.165) is 11.4 Å². The third-order valence-electron chi connectivity index (χ3n) is 2.59. The van der Waals surface area contributed by atoms with Crippen LogP contribution in [0.4, 0.5) is 0 Å². The molecule has 5 heteroatoms. The summed E-state index contributed by atoms with van der Waals surface area (Å²) < 4.78 is 6.56. The Labute approximate surface area is 98.8 Å². The molecule has 0 saturated carbocycles. The Hall–Kier alpha value is -2.01. The van der Waals surface area contributed by atoms with Crippen molar-refractivity contribution in [3.63, 3.8) is 0 Å². The van der Waals surface area contributed by atoms with Gasteiger partial charge in [-0.2, -0.15) is 0 Å². The highest BCUT2D eigenvalue weighted by molar-refractivity contribution is 5.37. The van der Waals surface area contributed by atoms with E-state index in [2.05, 4.69) is 5.10 Å². The van der Waals surface area contributed by atoms with Crippen molar-refractivity contribution < 1.29 is 4.74 Å². The number of methoxy groups -OCH3 is 1. The van der Waals surface area contributed by atoms with Gasteiger partial charge in [-0.3, -0.25) is 9.89 Å². The fourth-order valence-corrected chi connectivity index (χ4v) is 1.66. The highest BCUT2D eigenvalue weighted by Gasteiger charge is 2.06. The number of benzene rings is 1. The van der Waals surface area contributed by atoms with Gasteiger partial charge in [0.15, 0.2) is 0 Å². The summed E-state index contributed by atoms with van der Waals surface area (Å²) in [6.45, 7) is 0.468. The van der Waals surface area contributed by atoms with Gasteiger partial charge in [-0.15, -0.1) is 0 Å². The minimum Gasteiger partial charge on any atom is -0.497 e. The lowest BCUT2D eigenvalue weighted by molar-refractivity contribution is 0.414. The van der Waals surface area contributed by atoms with E-state index in [1.807, 2.05) is 24.3 Å². The predicted octanol–water partition coefficient (Wildman–Crippen LogP) is 0.675. The van der Waals surface area contributed by atoms with Gasteiger partial charge in [0.25, 0.3) is 5.56 Å². The SMILES string of the molecule is COc1ccc(-n2[nH]cc(CCN)c2=O)cc1. The molecular formula is C12H15N3O2. The second kappa shape index (κ2) is 4.88. The maximum atomic E-state index is 12.0. The molecule has 0 aliphatic rings. The van der Waals surface area contributed by atoms with Crippen LogP contribution in [0.15, 0.2) is 35.3 Å². The first-order chi connectivity index (χ1) is 8.26. The minimum absolute atomic E-state index is 0.0550. The Morgan fingerprint density at radius 3 is 2.65 bits per heavy atom. The molecule has 1 aromatic carbocycles. The number of rotatable bonds is 4. The lowest BCUT2D eigenvalue weighted by Gasteiger charge is -2.03. The highest BCUT2D eigenvalue weighted by atomic mass is 16.5. The van der Waals surface area contributed by atoms with Crippen LogP contribution < -0.4 is 16.0 Å². The maximum absolute atomic E-state index is 12.0. The standard InChI is InChI=1S/C12H15N3O2/c1-17-11-4-2-10(3-5-11)15-12(16)9(6-7-13)8-14-15/h2-5,8,14H,6-7,13H2,1H3. The number of nitrogens with two attached hydrogens (primary N) is 1. The molecule has 2 aromatic rings. The van der Waals surface area contributed by atoms with E-state index in [4.69, 9.17) is 10.5 Å². The van der Waals surface area contributed by atoms with E-state index in [1.54, 1.807) is 13.3 Å². The molecule has 17 heavy (non-hydrogen) atoms. The first-order valence-electron chi connectivity index (χ1n) is 5.40. The highest BCUT2D eigenvalue weighted by Crippen LogP contribution is 2.13. The van der Waals surface area contributed by atoms with Crippen LogP contribution in [0.25, 0.3) is 5.69 Å². The predicted molar refractivity (Wildman–Crippen MR) is 65.7 cm³/mol. The van der Waals surface area contributed by atoms with Crippen molar-refractivity contribution in [2.24, 2.45) is 5.73 Å². The Balaban J connectivity index is 2.36. The van der Waals surface area contributed by atoms with Crippen molar-refractivity contribution in [2.75, 3.05) is 13.7 Å². The number of nitrogens with zero attached hydrogens (tertiary/aromatic N) is 1. The summed E-state index contributed by atoms with van der Waals surface area (Å²) in [5, 5.41) is 2.92. The first kappa shape index (κ1) is 11.5. The van der Waals surface area contributed by atoms with Crippen molar-refractivity contribution in [2.45, 2.75) is 6.42 Å². The molecule has 0 aliphatic heterocycles. The number of hydrogen-bond acceptors (Lipinski definition) is 3. The molecule has 1 aromatic heterocycles. The third-order valence-corrected chi connectivity index (χ3v) is 2.59. The summed E-state index contributed by atoms with van der Waals surface area (Å²) in [6.07, 6.45) is 2.28. The fourth-order valence-electron chi connectivity index (χ4n) is 1.66. The summed E-state index contributed by atoms with van der Waals surface area (Å²) >= 11 is 0. The van der Waals surface area contributed by atoms with Gasteiger partial charge in [0.2, 0.25) is 0 Å². The molecule has 5 nitrogen and oxygen atoms in total. The lowest BCUT2D eigenvalue weighted by Crippen LogP contribution is -2.19. The van der Waals surface area contributed by atoms with E-state index in [0.29, 0.717) is 18.5 Å². The molecule has 0 radical (unpaired) electrons. The number of H-pyrrole nitrogens is 1.